The third-order valence-electron chi connectivity index (χ3n) is 5.77. The molecule has 1 fully saturated rings. The van der Waals surface area contributed by atoms with Crippen molar-refractivity contribution in [2.75, 3.05) is 0 Å². The highest BCUT2D eigenvalue weighted by Gasteiger charge is 2.29. The third-order valence-corrected chi connectivity index (χ3v) is 5.77. The third kappa shape index (κ3) is 3.35. The lowest BCUT2D eigenvalue weighted by Crippen LogP contribution is -2.25. The van der Waals surface area contributed by atoms with Gasteiger partial charge in [0.2, 0.25) is 0 Å². The Morgan fingerprint density at radius 3 is 2.48 bits per heavy atom. The van der Waals surface area contributed by atoms with Gasteiger partial charge in [-0.25, -0.2) is 14.8 Å². The molecule has 0 bridgehead atoms. The number of nitrogens with zero attached hydrogens (tertiary/aromatic N) is 4. The molecule has 0 spiro atoms. The van der Waals surface area contributed by atoms with E-state index in [0.29, 0.717) is 24.3 Å². The quantitative estimate of drug-likeness (QED) is 0.482. The van der Waals surface area contributed by atoms with Crippen molar-refractivity contribution in [3.05, 3.63) is 70.5 Å². The van der Waals surface area contributed by atoms with E-state index in [0.717, 1.165) is 53.3 Å². The summed E-state index contributed by atoms with van der Waals surface area (Å²) in [5.74, 6) is 1.33. The summed E-state index contributed by atoms with van der Waals surface area (Å²) in [6.45, 7) is 4.87. The fourth-order valence-electron chi connectivity index (χ4n) is 4.09. The molecule has 2 aromatic heterocycles. The summed E-state index contributed by atoms with van der Waals surface area (Å²) in [6, 6.07) is 16.6. The van der Waals surface area contributed by atoms with Gasteiger partial charge in [0.05, 0.1) is 28.8 Å². The van der Waals surface area contributed by atoms with Gasteiger partial charge < -0.3 is 0 Å². The number of benzene rings is 2. The molecule has 1 aliphatic carbocycles. The van der Waals surface area contributed by atoms with E-state index in [1.165, 1.54) is 0 Å². The first-order chi connectivity index (χ1) is 14.1. The average Bonchev–Trinajstić information content (AvgIpc) is 3.52. The Morgan fingerprint density at radius 1 is 1.00 bits per heavy atom. The largest absolute Gasteiger partial charge is 0.329 e. The Balaban J connectivity index is 1.61. The maximum atomic E-state index is 13.2. The first-order valence-corrected chi connectivity index (χ1v) is 10.6. The fourth-order valence-corrected chi connectivity index (χ4v) is 4.09. The Hall–Kier alpha value is -2.95. The number of rotatable bonds is 6. The number of para-hydroxylation sites is 3. The van der Waals surface area contributed by atoms with E-state index in [4.69, 9.17) is 9.97 Å². The van der Waals surface area contributed by atoms with Crippen LogP contribution >= 0.6 is 0 Å². The lowest BCUT2D eigenvalue weighted by molar-refractivity contribution is 0.580. The lowest BCUT2D eigenvalue weighted by Gasteiger charge is -2.10. The van der Waals surface area contributed by atoms with Gasteiger partial charge in [-0.2, -0.15) is 0 Å². The molecule has 0 saturated heterocycles. The Labute approximate surface area is 170 Å². The van der Waals surface area contributed by atoms with Crippen LogP contribution in [0.1, 0.15) is 50.7 Å². The molecule has 0 aliphatic heterocycles. The summed E-state index contributed by atoms with van der Waals surface area (Å²) in [6.07, 6.45) is 4.17. The van der Waals surface area contributed by atoms with E-state index in [9.17, 15) is 4.79 Å². The second-order valence-electron chi connectivity index (χ2n) is 8.49. The average molecular weight is 386 g/mol. The molecule has 5 nitrogen and oxygen atoms in total. The van der Waals surface area contributed by atoms with E-state index in [1.54, 1.807) is 0 Å². The molecule has 29 heavy (non-hydrogen) atoms. The maximum absolute atomic E-state index is 13.2. The van der Waals surface area contributed by atoms with Crippen LogP contribution < -0.4 is 5.69 Å². The van der Waals surface area contributed by atoms with Crippen LogP contribution in [0.5, 0.6) is 0 Å². The zero-order valence-electron chi connectivity index (χ0n) is 17.0. The van der Waals surface area contributed by atoms with Gasteiger partial charge in [-0.1, -0.05) is 44.2 Å². The normalized spacial score (nSPS) is 14.3. The molecule has 0 radical (unpaired) electrons. The topological polar surface area (TPSA) is 52.7 Å². The Kier molecular flexibility index (Phi) is 4.46. The van der Waals surface area contributed by atoms with Gasteiger partial charge in [-0.3, -0.25) is 9.13 Å². The maximum Gasteiger partial charge on any atom is 0.329 e. The van der Waals surface area contributed by atoms with Crippen LogP contribution in [0.15, 0.2) is 53.3 Å². The van der Waals surface area contributed by atoms with Crippen molar-refractivity contribution >= 4 is 21.9 Å². The molecule has 4 aromatic rings. The minimum Gasteiger partial charge on any atom is -0.289 e. The van der Waals surface area contributed by atoms with Crippen molar-refractivity contribution in [2.45, 2.75) is 52.1 Å². The van der Waals surface area contributed by atoms with E-state index < -0.39 is 0 Å². The summed E-state index contributed by atoms with van der Waals surface area (Å²) in [5, 5.41) is 1.12. The number of aromatic nitrogens is 4. The predicted octanol–water partition coefficient (Wildman–Crippen LogP) is 4.72. The van der Waals surface area contributed by atoms with Crippen molar-refractivity contribution in [2.24, 2.45) is 5.92 Å². The molecule has 5 heteroatoms. The Morgan fingerprint density at radius 2 is 1.72 bits per heavy atom. The zero-order valence-corrected chi connectivity index (χ0v) is 17.0. The molecule has 0 unspecified atom stereocenters. The molecule has 1 aliphatic rings. The van der Waals surface area contributed by atoms with Gasteiger partial charge >= 0.3 is 5.69 Å². The monoisotopic (exact) mass is 386 g/mol. The van der Waals surface area contributed by atoms with Gasteiger partial charge in [-0.05, 0) is 49.8 Å². The number of hydrogen-bond acceptors (Lipinski definition) is 3. The van der Waals surface area contributed by atoms with Crippen molar-refractivity contribution in [3.8, 4) is 0 Å². The minimum atomic E-state index is 0.0502. The minimum absolute atomic E-state index is 0.0502. The second kappa shape index (κ2) is 7.14. The van der Waals surface area contributed by atoms with Crippen LogP contribution in [0.25, 0.3) is 21.9 Å². The second-order valence-corrected chi connectivity index (χ2v) is 8.49. The highest BCUT2D eigenvalue weighted by Crippen LogP contribution is 2.36. The first kappa shape index (κ1) is 18.1. The van der Waals surface area contributed by atoms with Gasteiger partial charge in [0.25, 0.3) is 0 Å². The van der Waals surface area contributed by atoms with Crippen LogP contribution in [-0.4, -0.2) is 19.1 Å². The number of aryl methyl sites for hydroxylation is 1. The lowest BCUT2D eigenvalue weighted by atomic mass is 10.0. The van der Waals surface area contributed by atoms with Crippen molar-refractivity contribution in [1.82, 2.24) is 19.1 Å². The fraction of sp³-hybridized carbons (Fsp3) is 0.375. The summed E-state index contributed by atoms with van der Waals surface area (Å²) >= 11 is 0. The highest BCUT2D eigenvalue weighted by atomic mass is 16.1. The van der Waals surface area contributed by atoms with Crippen LogP contribution in [-0.2, 0) is 13.0 Å². The molecular formula is C24H26N4O. The van der Waals surface area contributed by atoms with Gasteiger partial charge in [0.15, 0.2) is 0 Å². The smallest absolute Gasteiger partial charge is 0.289 e. The molecular weight excluding hydrogens is 360 g/mol. The van der Waals surface area contributed by atoms with Crippen LogP contribution in [0.2, 0.25) is 0 Å². The van der Waals surface area contributed by atoms with E-state index in [-0.39, 0.29) is 5.69 Å². The standard InChI is InChI=1S/C24H26N4O/c1-16(2)11-14-20-18-7-3-4-8-19(18)25-23(26-20)15-27-21-9-5-6-10-22(21)28(24(27)29)17-12-13-17/h3-10,16-17H,11-15H2,1-2H3. The summed E-state index contributed by atoms with van der Waals surface area (Å²) in [5.41, 5.74) is 4.06. The van der Waals surface area contributed by atoms with Crippen LogP contribution in [0, 0.1) is 5.92 Å². The molecule has 2 aromatic carbocycles. The summed E-state index contributed by atoms with van der Waals surface area (Å²) < 4.78 is 3.79. The highest BCUT2D eigenvalue weighted by molar-refractivity contribution is 5.81. The van der Waals surface area contributed by atoms with Gasteiger partial charge in [0.1, 0.15) is 5.82 Å². The predicted molar refractivity (Wildman–Crippen MR) is 116 cm³/mol. The molecule has 5 rings (SSSR count). The molecule has 148 valence electrons. The van der Waals surface area contributed by atoms with Gasteiger partial charge in [-0.15, -0.1) is 0 Å². The van der Waals surface area contributed by atoms with Gasteiger partial charge in [0, 0.05) is 11.4 Å². The van der Waals surface area contributed by atoms with Crippen molar-refractivity contribution in [3.63, 3.8) is 0 Å². The summed E-state index contributed by atoms with van der Waals surface area (Å²) in [7, 11) is 0. The molecule has 1 saturated carbocycles. The van der Waals surface area contributed by atoms with E-state index in [1.807, 2.05) is 51.6 Å². The number of hydrogen-bond donors (Lipinski definition) is 0. The Bertz CT molecular complexity index is 1250. The van der Waals surface area contributed by atoms with Crippen LogP contribution in [0.3, 0.4) is 0 Å². The van der Waals surface area contributed by atoms with E-state index in [2.05, 4.69) is 19.9 Å². The molecule has 0 amide bonds. The number of fused-ring (bicyclic) bond motifs is 2. The SMILES string of the molecule is CC(C)CCc1nc(Cn2c(=O)n(C3CC3)c3ccccc32)nc2ccccc12. The molecule has 0 atom stereocenters. The van der Waals surface area contributed by atoms with E-state index >= 15 is 0 Å². The first-order valence-electron chi connectivity index (χ1n) is 10.6. The molecule has 0 N–H and O–H groups in total. The van der Waals surface area contributed by atoms with Crippen molar-refractivity contribution < 1.29 is 0 Å². The van der Waals surface area contributed by atoms with Crippen molar-refractivity contribution in [1.29, 1.82) is 0 Å². The zero-order chi connectivity index (χ0) is 20.0. The summed E-state index contributed by atoms with van der Waals surface area (Å²) in [4.78, 5) is 22.9. The van der Waals surface area contributed by atoms with Crippen LogP contribution in [0.4, 0.5) is 0 Å². The number of imidazole rings is 1. The molecule has 2 heterocycles.